The van der Waals surface area contributed by atoms with Crippen LogP contribution in [0, 0.1) is 11.3 Å². The van der Waals surface area contributed by atoms with E-state index in [0.717, 1.165) is 61.0 Å². The second-order valence-electron chi connectivity index (χ2n) is 15.6. The zero-order valence-electron chi connectivity index (χ0n) is 30.0. The quantitative estimate of drug-likeness (QED) is 0.162. The molecule has 8 heteroatoms. The van der Waals surface area contributed by atoms with Gasteiger partial charge in [-0.1, -0.05) is 22.3 Å². The van der Waals surface area contributed by atoms with Gasteiger partial charge in [-0.05, 0) is 119 Å². The molecule has 0 aromatic rings. The van der Waals surface area contributed by atoms with Crippen LogP contribution in [0.1, 0.15) is 120 Å². The molecule has 0 bridgehead atoms. The molecule has 0 aromatic heterocycles. The smallest absolute Gasteiger partial charge is 0.331 e. The van der Waals surface area contributed by atoms with E-state index in [-0.39, 0.29) is 41.6 Å². The number of ether oxygens (including phenoxy) is 4. The van der Waals surface area contributed by atoms with Gasteiger partial charge in [0.05, 0.1) is 11.0 Å². The standard InChI is InChI=1S/C40H52O8/c1-24(17-29-19-26(3)21-33(42)45-29)11-9-13-28-14-16-40(32-23-31(41)38(5,6)47-32,35-36(28)48-39(7,8)37(35)44)15-10-12-25(2)18-30-20-27(4)22-34(43)46-30/h17-18,21-23,28-30H,9-16,19-20H2,1-8H3/b24-17+,25-18+/t28-,29+,30+,40-/m0/s1. The highest BCUT2D eigenvalue weighted by atomic mass is 16.5. The molecule has 4 atom stereocenters. The Morgan fingerprint density at radius 2 is 1.35 bits per heavy atom. The summed E-state index contributed by atoms with van der Waals surface area (Å²) in [5.74, 6) is 0.680. The van der Waals surface area contributed by atoms with Gasteiger partial charge >= 0.3 is 11.9 Å². The van der Waals surface area contributed by atoms with Crippen LogP contribution in [0.2, 0.25) is 0 Å². The molecule has 4 aliphatic heterocycles. The Morgan fingerprint density at radius 3 is 1.88 bits per heavy atom. The number of rotatable bonds is 11. The second kappa shape index (κ2) is 13.7. The Hall–Kier alpha value is -3.68. The lowest BCUT2D eigenvalue weighted by Crippen LogP contribution is -2.39. The van der Waals surface area contributed by atoms with Gasteiger partial charge in [-0.3, -0.25) is 9.59 Å². The molecule has 4 heterocycles. The Morgan fingerprint density at radius 1 is 0.792 bits per heavy atom. The number of carbonyl (C=O) groups is 4. The van der Waals surface area contributed by atoms with Crippen molar-refractivity contribution in [2.24, 2.45) is 11.3 Å². The Kier molecular flexibility index (Phi) is 10.1. The van der Waals surface area contributed by atoms with Gasteiger partial charge in [0.2, 0.25) is 11.6 Å². The molecule has 0 amide bonds. The van der Waals surface area contributed by atoms with E-state index >= 15 is 0 Å². The van der Waals surface area contributed by atoms with Crippen LogP contribution >= 0.6 is 0 Å². The van der Waals surface area contributed by atoms with Gasteiger partial charge in [0.15, 0.2) is 11.2 Å². The molecule has 0 fully saturated rings. The van der Waals surface area contributed by atoms with E-state index in [2.05, 4.69) is 13.0 Å². The van der Waals surface area contributed by atoms with Crippen molar-refractivity contribution in [3.05, 3.63) is 69.8 Å². The highest BCUT2D eigenvalue weighted by Gasteiger charge is 2.58. The zero-order valence-corrected chi connectivity index (χ0v) is 30.0. The highest BCUT2D eigenvalue weighted by Crippen LogP contribution is 2.58. The van der Waals surface area contributed by atoms with Crippen LogP contribution < -0.4 is 0 Å². The van der Waals surface area contributed by atoms with Crippen LogP contribution in [-0.4, -0.2) is 46.9 Å². The fraction of sp³-hybridized carbons (Fsp3) is 0.600. The third-order valence-corrected chi connectivity index (χ3v) is 10.4. The molecular formula is C40H52O8. The number of Topliss-reactive ketones (excluding diaryl/α,β-unsaturated/α-hetero) is 1. The summed E-state index contributed by atoms with van der Waals surface area (Å²) in [6.07, 6.45) is 15.9. The fourth-order valence-corrected chi connectivity index (χ4v) is 7.87. The second-order valence-corrected chi connectivity index (χ2v) is 15.6. The molecule has 1 aliphatic carbocycles. The van der Waals surface area contributed by atoms with Crippen LogP contribution in [0.25, 0.3) is 0 Å². The predicted octanol–water partition coefficient (Wildman–Crippen LogP) is 8.03. The average Bonchev–Trinajstić information content (AvgIpc) is 3.38. The number of cyclic esters (lactones) is 2. The van der Waals surface area contributed by atoms with Gasteiger partial charge in [-0.25, -0.2) is 9.59 Å². The molecule has 0 radical (unpaired) electrons. The van der Waals surface area contributed by atoms with Crippen molar-refractivity contribution in [1.29, 1.82) is 0 Å². The Labute approximate surface area is 285 Å². The van der Waals surface area contributed by atoms with Crippen LogP contribution in [0.3, 0.4) is 0 Å². The Bertz CT molecular complexity index is 1560. The minimum absolute atomic E-state index is 0.0360. The van der Waals surface area contributed by atoms with E-state index in [9.17, 15) is 19.2 Å². The van der Waals surface area contributed by atoms with Crippen LogP contribution in [0.5, 0.6) is 0 Å². The molecular weight excluding hydrogens is 608 g/mol. The lowest BCUT2D eigenvalue weighted by Gasteiger charge is -2.41. The maximum absolute atomic E-state index is 14.2. The average molecular weight is 661 g/mol. The minimum atomic E-state index is -1.00. The molecule has 48 heavy (non-hydrogen) atoms. The first-order valence-corrected chi connectivity index (χ1v) is 17.5. The van der Waals surface area contributed by atoms with Gasteiger partial charge in [-0.15, -0.1) is 0 Å². The highest BCUT2D eigenvalue weighted by molar-refractivity contribution is 6.06. The maximum Gasteiger partial charge on any atom is 0.331 e. The van der Waals surface area contributed by atoms with Crippen molar-refractivity contribution in [1.82, 2.24) is 0 Å². The number of allylic oxidation sites excluding steroid dienone is 4. The number of esters is 2. The summed E-state index contributed by atoms with van der Waals surface area (Å²) in [6.45, 7) is 15.2. The van der Waals surface area contributed by atoms with Crippen LogP contribution in [-0.2, 0) is 38.1 Å². The third-order valence-electron chi connectivity index (χ3n) is 10.4. The number of carbonyl (C=O) groups excluding carboxylic acids is 4. The molecule has 0 saturated carbocycles. The number of ketones is 2. The van der Waals surface area contributed by atoms with Gasteiger partial charge in [0.1, 0.15) is 23.7 Å². The normalized spacial score (nSPS) is 30.2. The molecule has 260 valence electrons. The van der Waals surface area contributed by atoms with E-state index in [4.69, 9.17) is 18.9 Å². The molecule has 0 spiro atoms. The zero-order chi connectivity index (χ0) is 35.0. The van der Waals surface area contributed by atoms with E-state index < -0.39 is 16.6 Å². The first-order valence-electron chi connectivity index (χ1n) is 17.5. The fourth-order valence-electron chi connectivity index (χ4n) is 7.87. The topological polar surface area (TPSA) is 105 Å². The molecule has 8 nitrogen and oxygen atoms in total. The van der Waals surface area contributed by atoms with E-state index in [1.165, 1.54) is 11.6 Å². The van der Waals surface area contributed by atoms with E-state index in [1.807, 2.05) is 40.7 Å². The lowest BCUT2D eigenvalue weighted by atomic mass is 9.63. The summed E-state index contributed by atoms with van der Waals surface area (Å²) in [7, 11) is 0. The summed E-state index contributed by atoms with van der Waals surface area (Å²) in [4.78, 5) is 51.1. The number of hydrogen-bond donors (Lipinski definition) is 0. The first-order chi connectivity index (χ1) is 22.5. The van der Waals surface area contributed by atoms with Crippen molar-refractivity contribution < 1.29 is 38.1 Å². The summed E-state index contributed by atoms with van der Waals surface area (Å²) in [5.41, 5.74) is 2.24. The van der Waals surface area contributed by atoms with Gasteiger partial charge in [0, 0.05) is 37.0 Å². The third kappa shape index (κ3) is 7.63. The molecule has 5 rings (SSSR count). The molecule has 0 saturated heterocycles. The largest absolute Gasteiger partial charge is 0.483 e. The van der Waals surface area contributed by atoms with Crippen molar-refractivity contribution in [3.8, 4) is 0 Å². The SMILES string of the molecule is CC1=CC(=O)O[C@H](/C=C(\C)CCC[C@H]2CC[C@@](CCC/C(C)=C/[C@@H]3CC(C)=CC(=O)O3)(C3=CC(=O)C(C)(C)O3)C3=C2OC(C)(C)C3=O)C1. The van der Waals surface area contributed by atoms with Gasteiger partial charge < -0.3 is 18.9 Å². The first kappa shape index (κ1) is 35.6. The summed E-state index contributed by atoms with van der Waals surface area (Å²) < 4.78 is 23.9. The van der Waals surface area contributed by atoms with Crippen LogP contribution in [0.4, 0.5) is 0 Å². The summed E-state index contributed by atoms with van der Waals surface area (Å²) >= 11 is 0. The molecule has 0 aromatic carbocycles. The van der Waals surface area contributed by atoms with Crippen molar-refractivity contribution >= 4 is 23.5 Å². The Balaban J connectivity index is 1.36. The van der Waals surface area contributed by atoms with Gasteiger partial charge in [0.25, 0.3) is 0 Å². The molecule has 0 unspecified atom stereocenters. The number of hydrogen-bond acceptors (Lipinski definition) is 8. The lowest BCUT2D eigenvalue weighted by molar-refractivity contribution is -0.143. The van der Waals surface area contributed by atoms with Crippen molar-refractivity contribution in [2.45, 2.75) is 143 Å². The summed E-state index contributed by atoms with van der Waals surface area (Å²) in [6, 6.07) is 0. The van der Waals surface area contributed by atoms with Crippen LogP contribution in [0.15, 0.2) is 69.8 Å². The van der Waals surface area contributed by atoms with Gasteiger partial charge in [-0.2, -0.15) is 0 Å². The van der Waals surface area contributed by atoms with Crippen molar-refractivity contribution in [2.75, 3.05) is 0 Å². The van der Waals surface area contributed by atoms with E-state index in [0.29, 0.717) is 37.0 Å². The van der Waals surface area contributed by atoms with Crippen molar-refractivity contribution in [3.63, 3.8) is 0 Å². The predicted molar refractivity (Wildman–Crippen MR) is 182 cm³/mol. The monoisotopic (exact) mass is 660 g/mol. The maximum atomic E-state index is 14.2. The minimum Gasteiger partial charge on any atom is -0.483 e. The molecule has 5 aliphatic rings. The molecule has 0 N–H and O–H groups in total. The van der Waals surface area contributed by atoms with E-state index in [1.54, 1.807) is 26.0 Å². The summed E-state index contributed by atoms with van der Waals surface area (Å²) in [5, 5.41) is 0.